The first-order chi connectivity index (χ1) is 31.5. The van der Waals surface area contributed by atoms with Gasteiger partial charge in [0.2, 0.25) is 0 Å². The maximum absolute atomic E-state index is 5.58. The van der Waals surface area contributed by atoms with Gasteiger partial charge in [0.15, 0.2) is 23.3 Å². The first-order valence-corrected chi connectivity index (χ1v) is 23.8. The van der Waals surface area contributed by atoms with Crippen molar-refractivity contribution in [2.75, 3.05) is 76.0 Å². The van der Waals surface area contributed by atoms with Crippen LogP contribution in [-0.4, -0.2) is 96.3 Å². The van der Waals surface area contributed by atoms with E-state index in [1.54, 1.807) is 0 Å². The van der Waals surface area contributed by atoms with Crippen LogP contribution in [0, 0.1) is 0 Å². The minimum atomic E-state index is -0.155. The topological polar surface area (TPSA) is 122 Å². The fourth-order valence-electron chi connectivity index (χ4n) is 9.36. The largest absolute Gasteiger partial charge is 0.377 e. The number of rotatable bonds is 4. The van der Waals surface area contributed by atoms with Crippen LogP contribution >= 0.6 is 0 Å². The van der Waals surface area contributed by atoms with Crippen LogP contribution in [0.5, 0.6) is 0 Å². The van der Waals surface area contributed by atoms with E-state index in [-0.39, 0.29) is 38.7 Å². The second kappa shape index (κ2) is 16.5. The van der Waals surface area contributed by atoms with E-state index in [0.29, 0.717) is 45.9 Å². The van der Waals surface area contributed by atoms with Crippen LogP contribution in [0.15, 0.2) is 48.5 Å². The van der Waals surface area contributed by atoms with Crippen molar-refractivity contribution in [1.82, 2.24) is 39.9 Å². The van der Waals surface area contributed by atoms with Gasteiger partial charge in [-0.3, -0.25) is 0 Å². The molecule has 0 fully saturated rings. The Labute approximate surface area is 418 Å². The molecule has 0 amide bonds. The Kier molecular flexibility index (Phi) is 11.8. The Hall–Kier alpha value is -6.04. The van der Waals surface area contributed by atoms with E-state index in [2.05, 4.69) is 218 Å². The summed E-state index contributed by atoms with van der Waals surface area (Å²) in [5.41, 5.74) is 14.6. The standard InChI is InChI=1S/C56H70N12.Cu/c1-53(2,3)29-21-33-41(37(25-29)65(13)14)49-57-45(33)61-50-42-34(22-30(54(4,5)6)26-38(42)66(15)16)47(58-50)63-52-44-36(24-32(56(10,11)12)28-40(44)68(19)20)48(60-52)64-51-43-35(46(59-51)62-49)23-31(55(7,8)9)27-39(43)67(17)18;/h21-28H,1-20H3,(H2,57,58,59,60,61,62,63,64);. The molecule has 69 heavy (non-hydrogen) atoms. The van der Waals surface area contributed by atoms with Gasteiger partial charge in [-0.05, 0) is 92.4 Å². The molecule has 1 radical (unpaired) electrons. The number of benzene rings is 4. The number of nitrogens with zero attached hydrogens (tertiary/aromatic N) is 10. The molecule has 0 aliphatic carbocycles. The molecule has 9 rings (SSSR count). The number of hydrogen-bond donors (Lipinski definition) is 2. The molecule has 0 spiro atoms. The third-order valence-electron chi connectivity index (χ3n) is 13.5. The monoisotopic (exact) mass is 974 g/mol. The number of anilines is 4. The summed E-state index contributed by atoms with van der Waals surface area (Å²) < 4.78 is 0. The van der Waals surface area contributed by atoms with Crippen LogP contribution in [0.1, 0.15) is 105 Å². The van der Waals surface area contributed by atoms with Gasteiger partial charge in [-0.1, -0.05) is 83.1 Å². The van der Waals surface area contributed by atoms with Gasteiger partial charge in [0.05, 0.1) is 21.9 Å². The Balaban J connectivity index is 0.00000642. The summed E-state index contributed by atoms with van der Waals surface area (Å²) in [5, 5.41) is 3.81. The SMILES string of the molecule is CN(C)c1cc(C(C)(C)C)cc2c1-c1nc-2nc2[nH]c(nc3nc(nc4[nH]c(n1)c1cc(C(C)(C)C)cc(N(C)C)c41)-c1cc(C(C)(C)C)cc(N(C)C)c1-3)c1cc(C(C)(C)C)cc(N(C)C)c21.[Cu]. The smallest absolute Gasteiger partial charge is 0.166 e. The number of hydrogen-bond acceptors (Lipinski definition) is 10. The zero-order chi connectivity index (χ0) is 49.5. The van der Waals surface area contributed by atoms with Gasteiger partial charge in [0.25, 0.3) is 0 Å². The normalized spacial score (nSPS) is 12.8. The van der Waals surface area contributed by atoms with Crippen LogP contribution in [0.4, 0.5) is 22.7 Å². The number of nitrogens with one attached hydrogen (secondary N) is 2. The summed E-state index contributed by atoms with van der Waals surface area (Å²) in [4.78, 5) is 49.4. The van der Waals surface area contributed by atoms with Crippen molar-refractivity contribution < 1.29 is 17.1 Å². The second-order valence-corrected chi connectivity index (χ2v) is 23.9. The molecule has 0 saturated heterocycles. The molecule has 8 bridgehead atoms. The van der Waals surface area contributed by atoms with E-state index in [4.69, 9.17) is 29.9 Å². The molecule has 12 nitrogen and oxygen atoms in total. The third kappa shape index (κ3) is 8.49. The van der Waals surface area contributed by atoms with Gasteiger partial charge < -0.3 is 29.6 Å². The van der Waals surface area contributed by atoms with E-state index in [1.807, 2.05) is 0 Å². The van der Waals surface area contributed by atoms with Gasteiger partial charge in [0, 0.05) is 118 Å². The van der Waals surface area contributed by atoms with Gasteiger partial charge >= 0.3 is 0 Å². The molecule has 5 heterocycles. The van der Waals surface area contributed by atoms with Crippen LogP contribution in [0.2, 0.25) is 0 Å². The van der Waals surface area contributed by atoms with Crippen molar-refractivity contribution >= 4 is 66.9 Å². The van der Waals surface area contributed by atoms with Crippen LogP contribution in [0.25, 0.3) is 89.7 Å². The molecule has 7 aromatic rings. The van der Waals surface area contributed by atoms with Crippen LogP contribution in [0.3, 0.4) is 0 Å². The van der Waals surface area contributed by atoms with Crippen molar-refractivity contribution in [2.24, 2.45) is 0 Å². The summed E-state index contributed by atoms with van der Waals surface area (Å²) >= 11 is 0. The molecule has 13 heteroatoms. The summed E-state index contributed by atoms with van der Waals surface area (Å²) in [6.45, 7) is 27.0. The predicted octanol–water partition coefficient (Wildman–Crippen LogP) is 12.3. The molecule has 365 valence electrons. The molecular weight excluding hydrogens is 904 g/mol. The zero-order valence-corrected chi connectivity index (χ0v) is 45.3. The van der Waals surface area contributed by atoms with Crippen LogP contribution in [-0.2, 0) is 38.7 Å². The van der Waals surface area contributed by atoms with Gasteiger partial charge in [0.1, 0.15) is 22.6 Å². The van der Waals surface area contributed by atoms with Gasteiger partial charge in [-0.2, -0.15) is 0 Å². The molecule has 3 aromatic heterocycles. The Morgan fingerprint density at radius 1 is 0.333 bits per heavy atom. The maximum atomic E-state index is 5.58. The summed E-state index contributed by atoms with van der Waals surface area (Å²) in [5.74, 6) is 2.30. The molecule has 2 aliphatic rings. The Morgan fingerprint density at radius 2 is 0.609 bits per heavy atom. The fraction of sp³-hybridized carbons (Fsp3) is 0.429. The Morgan fingerprint density at radius 3 is 0.899 bits per heavy atom. The number of aromatic amines is 2. The number of fused-ring (bicyclic) bond motifs is 20. The van der Waals surface area contributed by atoms with Gasteiger partial charge in [-0.25, -0.2) is 29.9 Å². The molecule has 2 aliphatic heterocycles. The van der Waals surface area contributed by atoms with Crippen molar-refractivity contribution in [1.29, 1.82) is 0 Å². The number of H-pyrrole nitrogens is 2. The van der Waals surface area contributed by atoms with Crippen molar-refractivity contribution in [2.45, 2.75) is 105 Å². The van der Waals surface area contributed by atoms with Crippen molar-refractivity contribution in [3.8, 4) is 45.6 Å². The molecule has 0 atom stereocenters. The van der Waals surface area contributed by atoms with E-state index in [0.717, 1.165) is 66.5 Å². The fourth-order valence-corrected chi connectivity index (χ4v) is 9.36. The van der Waals surface area contributed by atoms with E-state index in [9.17, 15) is 0 Å². The third-order valence-corrected chi connectivity index (χ3v) is 13.5. The van der Waals surface area contributed by atoms with E-state index >= 15 is 0 Å². The average molecular weight is 975 g/mol. The van der Waals surface area contributed by atoms with Crippen LogP contribution < -0.4 is 19.6 Å². The summed E-state index contributed by atoms with van der Waals surface area (Å²) in [6, 6.07) is 18.2. The second-order valence-electron chi connectivity index (χ2n) is 23.9. The van der Waals surface area contributed by atoms with Gasteiger partial charge in [-0.15, -0.1) is 0 Å². The molecule has 0 unspecified atom stereocenters. The summed E-state index contributed by atoms with van der Waals surface area (Å²) in [7, 11) is 16.7. The first kappa shape index (κ1) is 49.4. The van der Waals surface area contributed by atoms with Crippen molar-refractivity contribution in [3.63, 3.8) is 0 Å². The first-order valence-electron chi connectivity index (χ1n) is 23.8. The molecule has 4 aromatic carbocycles. The van der Waals surface area contributed by atoms with E-state index < -0.39 is 0 Å². The van der Waals surface area contributed by atoms with E-state index in [1.165, 1.54) is 22.3 Å². The van der Waals surface area contributed by atoms with Crippen molar-refractivity contribution in [3.05, 3.63) is 70.8 Å². The quantitative estimate of drug-likeness (QED) is 0.165. The zero-order valence-electron chi connectivity index (χ0n) is 44.4. The maximum Gasteiger partial charge on any atom is 0.166 e. The minimum Gasteiger partial charge on any atom is -0.377 e. The number of aromatic nitrogens is 8. The summed E-state index contributed by atoms with van der Waals surface area (Å²) in [6.07, 6.45) is 0. The average Bonchev–Trinajstić information content (AvgIpc) is 3.96. The Bertz CT molecular complexity index is 3170. The molecule has 0 saturated carbocycles. The molecule has 2 N–H and O–H groups in total. The predicted molar refractivity (Wildman–Crippen MR) is 288 cm³/mol. The molecular formula is C56H70CuN12. The minimum absolute atomic E-state index is 0.